The Balaban J connectivity index is 1.07. The molecule has 10 amide bonds. The number of likely N-dealkylation sites (N-methyl/N-ethyl adjacent to an activating group) is 2. The van der Waals surface area contributed by atoms with Crippen molar-refractivity contribution >= 4 is 70.9 Å². The van der Waals surface area contributed by atoms with Gasteiger partial charge in [-0.05, 0) is 79.5 Å². The van der Waals surface area contributed by atoms with Crippen molar-refractivity contribution in [1.82, 2.24) is 40.9 Å². The molecule has 3 fully saturated rings. The maximum Gasteiger partial charge on any atom is 0.410 e. The van der Waals surface area contributed by atoms with E-state index < -0.39 is 218 Å². The van der Waals surface area contributed by atoms with Crippen LogP contribution in [0.2, 0.25) is 0 Å². The second kappa shape index (κ2) is 43.4. The van der Waals surface area contributed by atoms with Crippen LogP contribution in [0.1, 0.15) is 138 Å². The first kappa shape index (κ1) is 92.7. The van der Waals surface area contributed by atoms with Crippen LogP contribution in [0.25, 0.3) is 0 Å². The Labute approximate surface area is 652 Å². The molecule has 35 heteroatoms. The average Bonchev–Trinajstić information content (AvgIpc) is 1.08. The standard InChI is InChI=1S/C77H117N9O26/c1-15-42(8)59(50(106-13)35-55(91)85-34-22-25-49(85)66(107-14)43(9)69(98)78-44(10)67(46-23-18-16-19-24-46)111-76-65(97)62(94)63(95)68(112-76)74(103)104)83(11)73(102)57(40(4)5)82-72(101)58(41(6)7)84(12)77(105)109-37-45-27-29-47(30-28-45)79-70(99)48(38-108-75-64(96)61(93)60(92)51(36-87)110-75)80-71(100)56(39(2)3)81-52(88)26-20-17-21-33-86-53(89)31-32-54(86)90/h16,18-19,23-24,27-32,39-44,48-51,56-68,75-76,87,92-97H,15,17,20-22,25-26,33-38H2,1-14H3,(H,78,98)(H,79,99)(H,80,100)(H,81,88)(H,82,101)(H,103,104). The molecule has 22 unspecified atom stereocenters. The number of aliphatic hydroxyl groups excluding tert-OH is 7. The number of anilines is 1. The van der Waals surface area contributed by atoms with Crippen LogP contribution in [0, 0.1) is 29.6 Å². The van der Waals surface area contributed by atoms with Crippen molar-refractivity contribution in [2.75, 3.05) is 59.9 Å². The Kier molecular flexibility index (Phi) is 35.9. The SMILES string of the molecule is CCC(C)C(C(CC(=O)N1CCCC1C(OC)C(C)C(=O)NC(C)C(OC1OC(C(=O)O)C(O)C(O)C1O)c1ccccc1)OC)N(C)C(=O)C(NC(=O)C(C(C)C)N(C)C(=O)OCc1ccc(NC(=O)C(COC2OC(CO)C(O)C(O)C2O)NC(=O)C(NC(=O)CCCCCN2C(=O)C=CC2=O)C(C)C)cc1)C(C)C. The van der Waals surface area contributed by atoms with Crippen LogP contribution < -0.4 is 26.6 Å². The van der Waals surface area contributed by atoms with Crippen molar-refractivity contribution < 1.29 is 127 Å². The number of imide groups is 1. The number of carbonyl (C=O) groups excluding carboxylic acids is 10. The zero-order valence-electron chi connectivity index (χ0n) is 66.2. The number of likely N-dealkylation sites (tertiary alicyclic amines) is 1. The van der Waals surface area contributed by atoms with Gasteiger partial charge in [0, 0.05) is 65.7 Å². The molecule has 4 heterocycles. The number of carbonyl (C=O) groups is 11. The Morgan fingerprint density at radius 1 is 0.661 bits per heavy atom. The predicted molar refractivity (Wildman–Crippen MR) is 399 cm³/mol. The molecule has 2 aromatic rings. The summed E-state index contributed by atoms with van der Waals surface area (Å²) in [7, 11) is 5.83. The number of nitrogens with one attached hydrogen (secondary N) is 5. The number of amides is 10. The second-order valence-corrected chi connectivity index (χ2v) is 30.2. The first-order valence-electron chi connectivity index (χ1n) is 38.1. The molecular weight excluding hydrogens is 1470 g/mol. The van der Waals surface area contributed by atoms with E-state index in [1.807, 2.05) is 13.8 Å². The zero-order valence-corrected chi connectivity index (χ0v) is 66.2. The van der Waals surface area contributed by atoms with Crippen LogP contribution in [-0.4, -0.2) is 296 Å². The molecule has 22 atom stereocenters. The highest BCUT2D eigenvalue weighted by molar-refractivity contribution is 6.12. The summed E-state index contributed by atoms with van der Waals surface area (Å²) in [5.41, 5.74) is 1.10. The Bertz CT molecular complexity index is 3480. The number of hydrogen-bond acceptors (Lipinski definition) is 25. The van der Waals surface area contributed by atoms with Crippen molar-refractivity contribution in [3.63, 3.8) is 0 Å². The number of rotatable bonds is 41. The lowest BCUT2D eigenvalue weighted by molar-refractivity contribution is -0.307. The van der Waals surface area contributed by atoms with Gasteiger partial charge in [-0.25, -0.2) is 9.59 Å². The average molecular weight is 1580 g/mol. The normalized spacial score (nSPS) is 24.9. The third kappa shape index (κ3) is 24.2. The van der Waals surface area contributed by atoms with Crippen molar-refractivity contribution in [2.24, 2.45) is 29.6 Å². The van der Waals surface area contributed by atoms with E-state index in [-0.39, 0.29) is 43.5 Å². The van der Waals surface area contributed by atoms with Crippen LogP contribution in [-0.2, 0) is 87.7 Å². The Morgan fingerprint density at radius 2 is 1.29 bits per heavy atom. The molecule has 0 aliphatic carbocycles. The van der Waals surface area contributed by atoms with E-state index in [0.29, 0.717) is 56.2 Å². The molecule has 112 heavy (non-hydrogen) atoms. The number of aliphatic hydroxyl groups is 7. The smallest absolute Gasteiger partial charge is 0.410 e. The summed E-state index contributed by atoms with van der Waals surface area (Å²) in [6.45, 7) is 16.0. The molecule has 13 N–H and O–H groups in total. The van der Waals surface area contributed by atoms with Gasteiger partial charge >= 0.3 is 12.1 Å². The van der Waals surface area contributed by atoms with Gasteiger partial charge in [0.25, 0.3) is 11.8 Å². The number of ether oxygens (including phenoxy) is 7. The molecule has 3 saturated heterocycles. The zero-order chi connectivity index (χ0) is 83.3. The number of carboxylic acids is 1. The van der Waals surface area contributed by atoms with Crippen molar-refractivity contribution in [1.29, 1.82) is 0 Å². The number of benzene rings is 2. The molecule has 0 radical (unpaired) electrons. The lowest BCUT2D eigenvalue weighted by Gasteiger charge is -2.41. The van der Waals surface area contributed by atoms with Gasteiger partial charge in [0.1, 0.15) is 79.6 Å². The summed E-state index contributed by atoms with van der Waals surface area (Å²) >= 11 is 0. The first-order chi connectivity index (χ1) is 52.9. The third-order valence-electron chi connectivity index (χ3n) is 21.1. The van der Waals surface area contributed by atoms with E-state index in [0.717, 1.165) is 9.80 Å². The van der Waals surface area contributed by atoms with Gasteiger partial charge < -0.3 is 110 Å². The summed E-state index contributed by atoms with van der Waals surface area (Å²) in [5.74, 6) is -9.32. The van der Waals surface area contributed by atoms with Crippen molar-refractivity contribution in [3.8, 4) is 0 Å². The van der Waals surface area contributed by atoms with Gasteiger partial charge in [-0.2, -0.15) is 0 Å². The van der Waals surface area contributed by atoms with Gasteiger partial charge in [0.2, 0.25) is 41.4 Å². The largest absolute Gasteiger partial charge is 0.479 e. The first-order valence-corrected chi connectivity index (χ1v) is 38.1. The van der Waals surface area contributed by atoms with E-state index in [1.54, 1.807) is 97.7 Å². The van der Waals surface area contributed by atoms with Gasteiger partial charge in [-0.1, -0.05) is 118 Å². The topological polar surface area (TPSA) is 487 Å². The minimum atomic E-state index is -1.96. The highest BCUT2D eigenvalue weighted by Gasteiger charge is 2.50. The third-order valence-corrected chi connectivity index (χ3v) is 21.1. The number of methoxy groups -OCH3 is 2. The van der Waals surface area contributed by atoms with Crippen LogP contribution in [0.3, 0.4) is 0 Å². The molecule has 0 spiro atoms. The number of nitrogens with zero attached hydrogens (tertiary/aromatic N) is 4. The summed E-state index contributed by atoms with van der Waals surface area (Å²) < 4.78 is 40.6. The maximum absolute atomic E-state index is 15.0. The molecule has 626 valence electrons. The van der Waals surface area contributed by atoms with Crippen molar-refractivity contribution in [3.05, 3.63) is 77.9 Å². The van der Waals surface area contributed by atoms with E-state index in [4.69, 9.17) is 33.2 Å². The Morgan fingerprint density at radius 3 is 1.87 bits per heavy atom. The summed E-state index contributed by atoms with van der Waals surface area (Å²) in [4.78, 5) is 155. The predicted octanol–water partition coefficient (Wildman–Crippen LogP) is 0.361. The van der Waals surface area contributed by atoms with E-state index >= 15 is 0 Å². The highest BCUT2D eigenvalue weighted by atomic mass is 16.7. The number of hydrogen-bond donors (Lipinski definition) is 13. The van der Waals surface area contributed by atoms with Gasteiger partial charge in [0.05, 0.1) is 55.9 Å². The fourth-order valence-electron chi connectivity index (χ4n) is 14.4. The van der Waals surface area contributed by atoms with E-state index in [2.05, 4.69) is 26.6 Å². The van der Waals surface area contributed by atoms with Gasteiger partial charge in [-0.3, -0.25) is 53.0 Å². The van der Waals surface area contributed by atoms with E-state index in [1.165, 1.54) is 62.6 Å². The molecule has 0 aromatic heterocycles. The molecule has 4 aliphatic heterocycles. The molecular formula is C77H117N9O26. The lowest BCUT2D eigenvalue weighted by Crippen LogP contribution is -2.61. The summed E-state index contributed by atoms with van der Waals surface area (Å²) in [6.07, 6.45) is -16.6. The fourth-order valence-corrected chi connectivity index (χ4v) is 14.4. The van der Waals surface area contributed by atoms with Gasteiger partial charge in [0.15, 0.2) is 18.7 Å². The number of aliphatic carboxylic acids is 1. The van der Waals surface area contributed by atoms with Crippen LogP contribution in [0.4, 0.5) is 10.5 Å². The lowest BCUT2D eigenvalue weighted by atomic mass is 9.89. The summed E-state index contributed by atoms with van der Waals surface area (Å²) in [6, 6.07) is 7.17. The van der Waals surface area contributed by atoms with E-state index in [9.17, 15) is 93.6 Å². The number of unbranched alkanes of at least 4 members (excludes halogenated alkanes) is 2. The summed E-state index contributed by atoms with van der Waals surface area (Å²) in [5, 5.41) is 96.5. The highest BCUT2D eigenvalue weighted by Crippen LogP contribution is 2.34. The quantitative estimate of drug-likeness (QED) is 0.0316. The van der Waals surface area contributed by atoms with Gasteiger partial charge in [-0.15, -0.1) is 0 Å². The van der Waals surface area contributed by atoms with Crippen LogP contribution >= 0.6 is 0 Å². The van der Waals surface area contributed by atoms with Crippen molar-refractivity contribution in [2.45, 2.75) is 249 Å². The number of carboxylic acid groups (broad SMARTS) is 1. The Hall–Kier alpha value is -8.17. The minimum Gasteiger partial charge on any atom is -0.479 e. The molecule has 0 bridgehead atoms. The molecule has 0 saturated carbocycles. The van der Waals surface area contributed by atoms with Crippen LogP contribution in [0.5, 0.6) is 0 Å². The molecule has 6 rings (SSSR count). The monoisotopic (exact) mass is 1580 g/mol. The minimum absolute atomic E-state index is 0.00942. The second-order valence-electron chi connectivity index (χ2n) is 30.2. The molecule has 35 nitrogen and oxygen atoms in total. The molecule has 2 aromatic carbocycles. The molecule has 4 aliphatic rings. The maximum atomic E-state index is 15.0. The van der Waals surface area contributed by atoms with Crippen LogP contribution in [0.15, 0.2) is 66.7 Å². The fraction of sp³-hybridized carbons (Fsp3) is 0.675.